The van der Waals surface area contributed by atoms with Crippen LogP contribution in [0.2, 0.25) is 0 Å². The predicted octanol–water partition coefficient (Wildman–Crippen LogP) is 3.85. The average molecular weight is 249 g/mol. The fraction of sp³-hybridized carbons (Fsp3) is 0.222. The highest BCUT2D eigenvalue weighted by molar-refractivity contribution is 5.50. The van der Waals surface area contributed by atoms with E-state index in [4.69, 9.17) is 0 Å². The van der Waals surface area contributed by atoms with Crippen LogP contribution in [0.25, 0.3) is 0 Å². The third-order valence-corrected chi connectivity index (χ3v) is 3.66. The van der Waals surface area contributed by atoms with Crippen molar-refractivity contribution in [1.82, 2.24) is 0 Å². The highest BCUT2D eigenvalue weighted by Crippen LogP contribution is 2.18. The topological polar surface area (TPSA) is 3.24 Å². The van der Waals surface area contributed by atoms with E-state index in [0.29, 0.717) is 0 Å². The molecule has 0 amide bonds. The molecule has 0 aromatic heterocycles. The molecule has 1 heterocycles. The molecular weight excluding hydrogens is 230 g/mol. The van der Waals surface area contributed by atoms with Gasteiger partial charge in [0.1, 0.15) is 0 Å². The van der Waals surface area contributed by atoms with E-state index in [1.165, 1.54) is 16.8 Å². The highest BCUT2D eigenvalue weighted by Gasteiger charge is 2.06. The Balaban J connectivity index is 1.60. The molecule has 0 N–H and O–H groups in total. The third kappa shape index (κ3) is 3.05. The first kappa shape index (κ1) is 12.0. The molecule has 0 saturated heterocycles. The Kier molecular flexibility index (Phi) is 3.64. The van der Waals surface area contributed by atoms with E-state index in [1.54, 1.807) is 0 Å². The lowest BCUT2D eigenvalue weighted by molar-refractivity contribution is 0.955. The molecule has 0 atom stereocenters. The van der Waals surface area contributed by atoms with Crippen LogP contribution in [-0.4, -0.2) is 13.1 Å². The minimum Gasteiger partial charge on any atom is -0.364 e. The van der Waals surface area contributed by atoms with Gasteiger partial charge in [-0.25, -0.2) is 0 Å². The Labute approximate surface area is 115 Å². The molecule has 1 nitrogen and oxygen atoms in total. The van der Waals surface area contributed by atoms with Crippen LogP contribution in [0.3, 0.4) is 0 Å². The fourth-order valence-corrected chi connectivity index (χ4v) is 2.50. The zero-order chi connectivity index (χ0) is 12.9. The number of anilines is 1. The monoisotopic (exact) mass is 249 g/mol. The van der Waals surface area contributed by atoms with E-state index in [2.05, 4.69) is 71.6 Å². The number of benzene rings is 2. The predicted molar refractivity (Wildman–Crippen MR) is 81.6 cm³/mol. The van der Waals surface area contributed by atoms with Gasteiger partial charge in [0.15, 0.2) is 0 Å². The van der Waals surface area contributed by atoms with Crippen molar-refractivity contribution in [2.75, 3.05) is 18.0 Å². The maximum atomic E-state index is 2.38. The van der Waals surface area contributed by atoms with Gasteiger partial charge in [0.25, 0.3) is 0 Å². The van der Waals surface area contributed by atoms with E-state index < -0.39 is 0 Å². The van der Waals surface area contributed by atoms with Crippen molar-refractivity contribution in [3.63, 3.8) is 0 Å². The standard InChI is InChI=1S/C18H19N/c1-2-6-16(7-3-1)8-9-17-10-12-18(13-11-17)19-14-4-5-15-19/h1-7,10-13H,8-9,14-15H2. The summed E-state index contributed by atoms with van der Waals surface area (Å²) < 4.78 is 0. The largest absolute Gasteiger partial charge is 0.364 e. The Morgan fingerprint density at radius 1 is 0.684 bits per heavy atom. The Morgan fingerprint density at radius 2 is 1.26 bits per heavy atom. The Hall–Kier alpha value is -2.02. The molecule has 2 aromatic rings. The van der Waals surface area contributed by atoms with Crippen molar-refractivity contribution >= 4 is 5.69 Å². The second-order valence-corrected chi connectivity index (χ2v) is 5.03. The highest BCUT2D eigenvalue weighted by atomic mass is 15.1. The van der Waals surface area contributed by atoms with E-state index in [1.807, 2.05) is 0 Å². The fourth-order valence-electron chi connectivity index (χ4n) is 2.50. The average Bonchev–Trinajstić information content (AvgIpc) is 3.01. The summed E-state index contributed by atoms with van der Waals surface area (Å²) in [6.07, 6.45) is 6.68. The zero-order valence-corrected chi connectivity index (χ0v) is 11.1. The molecule has 0 saturated carbocycles. The first-order valence-electron chi connectivity index (χ1n) is 6.95. The van der Waals surface area contributed by atoms with Gasteiger partial charge in [-0.05, 0) is 36.1 Å². The van der Waals surface area contributed by atoms with Crippen molar-refractivity contribution in [3.8, 4) is 0 Å². The van der Waals surface area contributed by atoms with Crippen molar-refractivity contribution < 1.29 is 0 Å². The van der Waals surface area contributed by atoms with Gasteiger partial charge in [0.2, 0.25) is 0 Å². The first-order chi connectivity index (χ1) is 9.42. The van der Waals surface area contributed by atoms with Crippen LogP contribution in [0.15, 0.2) is 66.7 Å². The van der Waals surface area contributed by atoms with Gasteiger partial charge in [-0.1, -0.05) is 54.6 Å². The smallest absolute Gasteiger partial charge is 0.0372 e. The maximum absolute atomic E-state index is 2.38. The molecule has 96 valence electrons. The summed E-state index contributed by atoms with van der Waals surface area (Å²) in [7, 11) is 0. The lowest BCUT2D eigenvalue weighted by Crippen LogP contribution is -2.18. The maximum Gasteiger partial charge on any atom is 0.0372 e. The molecule has 0 unspecified atom stereocenters. The molecular formula is C18H19N. The van der Waals surface area contributed by atoms with Gasteiger partial charge >= 0.3 is 0 Å². The van der Waals surface area contributed by atoms with Crippen LogP contribution in [0.1, 0.15) is 11.1 Å². The van der Waals surface area contributed by atoms with Crippen LogP contribution in [-0.2, 0) is 12.8 Å². The molecule has 0 spiro atoms. The van der Waals surface area contributed by atoms with Gasteiger partial charge in [-0.3, -0.25) is 0 Å². The Morgan fingerprint density at radius 3 is 1.89 bits per heavy atom. The third-order valence-electron chi connectivity index (χ3n) is 3.66. The van der Waals surface area contributed by atoms with Gasteiger partial charge in [0, 0.05) is 18.8 Å². The van der Waals surface area contributed by atoms with Crippen molar-refractivity contribution in [2.45, 2.75) is 12.8 Å². The van der Waals surface area contributed by atoms with Gasteiger partial charge in [-0.2, -0.15) is 0 Å². The van der Waals surface area contributed by atoms with Crippen LogP contribution in [0.4, 0.5) is 5.69 Å². The lowest BCUT2D eigenvalue weighted by Gasteiger charge is -2.17. The summed E-state index contributed by atoms with van der Waals surface area (Å²) in [5, 5.41) is 0. The normalized spacial score (nSPS) is 14.0. The molecule has 0 bridgehead atoms. The summed E-state index contributed by atoms with van der Waals surface area (Å²) in [5.74, 6) is 0. The summed E-state index contributed by atoms with van der Waals surface area (Å²) in [5.41, 5.74) is 4.16. The van der Waals surface area contributed by atoms with Crippen LogP contribution >= 0.6 is 0 Å². The summed E-state index contributed by atoms with van der Waals surface area (Å²) >= 11 is 0. The van der Waals surface area contributed by atoms with E-state index in [0.717, 1.165) is 25.9 Å². The van der Waals surface area contributed by atoms with Crippen molar-refractivity contribution in [2.24, 2.45) is 0 Å². The van der Waals surface area contributed by atoms with E-state index in [9.17, 15) is 0 Å². The summed E-state index contributed by atoms with van der Waals surface area (Å²) in [6.45, 7) is 2.09. The number of hydrogen-bond acceptors (Lipinski definition) is 1. The SMILES string of the molecule is C1=CCN(c2ccc(CCc3ccccc3)cc2)C1. The number of aryl methyl sites for hydroxylation is 2. The lowest BCUT2D eigenvalue weighted by atomic mass is 10.0. The zero-order valence-electron chi connectivity index (χ0n) is 11.1. The van der Waals surface area contributed by atoms with E-state index >= 15 is 0 Å². The van der Waals surface area contributed by atoms with Gasteiger partial charge in [-0.15, -0.1) is 0 Å². The molecule has 1 heteroatoms. The van der Waals surface area contributed by atoms with Crippen molar-refractivity contribution in [1.29, 1.82) is 0 Å². The molecule has 3 rings (SSSR count). The molecule has 0 radical (unpaired) electrons. The second-order valence-electron chi connectivity index (χ2n) is 5.03. The van der Waals surface area contributed by atoms with Crippen LogP contribution in [0, 0.1) is 0 Å². The number of nitrogens with zero attached hydrogens (tertiary/aromatic N) is 1. The molecule has 19 heavy (non-hydrogen) atoms. The quantitative estimate of drug-likeness (QED) is 0.744. The number of rotatable bonds is 4. The van der Waals surface area contributed by atoms with Gasteiger partial charge in [0.05, 0.1) is 0 Å². The molecule has 1 aliphatic rings. The van der Waals surface area contributed by atoms with Gasteiger partial charge < -0.3 is 4.90 Å². The van der Waals surface area contributed by atoms with Crippen LogP contribution in [0.5, 0.6) is 0 Å². The van der Waals surface area contributed by atoms with Crippen LogP contribution < -0.4 is 4.90 Å². The minimum absolute atomic E-state index is 1.05. The van der Waals surface area contributed by atoms with Crippen molar-refractivity contribution in [3.05, 3.63) is 77.9 Å². The minimum atomic E-state index is 1.05. The second kappa shape index (κ2) is 5.75. The molecule has 0 fully saturated rings. The summed E-state index contributed by atoms with van der Waals surface area (Å²) in [6, 6.07) is 19.7. The van der Waals surface area contributed by atoms with E-state index in [-0.39, 0.29) is 0 Å². The molecule has 1 aliphatic heterocycles. The molecule has 0 aliphatic carbocycles. The Bertz CT molecular complexity index is 532. The summed E-state index contributed by atoms with van der Waals surface area (Å²) in [4.78, 5) is 2.38. The molecule has 2 aromatic carbocycles. The first-order valence-corrected chi connectivity index (χ1v) is 6.95. The number of hydrogen-bond donors (Lipinski definition) is 0.